The van der Waals surface area contributed by atoms with E-state index in [4.69, 9.17) is 26.9 Å². The summed E-state index contributed by atoms with van der Waals surface area (Å²) in [6.45, 7) is 4.45. The van der Waals surface area contributed by atoms with Gasteiger partial charge in [0.05, 0.1) is 0 Å². The number of nitrogens with one attached hydrogen (secondary N) is 1. The average molecular weight is 564 g/mol. The van der Waals surface area contributed by atoms with Gasteiger partial charge in [-0.15, -0.1) is 23.5 Å². The van der Waals surface area contributed by atoms with Crippen LogP contribution in [-0.2, 0) is 28.8 Å². The Bertz CT molecular complexity index is 1130. The van der Waals surface area contributed by atoms with Gasteiger partial charge in [-0.25, -0.2) is 14.6 Å². The molecule has 1 aromatic heterocycles. The van der Waals surface area contributed by atoms with Gasteiger partial charge in [0.2, 0.25) is 6.61 Å². The van der Waals surface area contributed by atoms with Crippen LogP contribution in [0.4, 0.5) is 5.13 Å². The summed E-state index contributed by atoms with van der Waals surface area (Å²) in [6.07, 6.45) is 1.73. The second kappa shape index (κ2) is 10.6. The molecule has 2 atom stereocenters. The lowest BCUT2D eigenvalue weighted by atomic mass is 10.0. The highest BCUT2D eigenvalue weighted by Gasteiger charge is 2.54. The molecule has 2 aliphatic rings. The second-order valence-electron chi connectivity index (χ2n) is 8.12. The Morgan fingerprint density at radius 1 is 1.40 bits per heavy atom. The Morgan fingerprint density at radius 2 is 2.09 bits per heavy atom. The molecule has 0 bridgehead atoms. The maximum atomic E-state index is 13.1. The molecule has 1 aromatic rings. The Balaban J connectivity index is 1.79. The van der Waals surface area contributed by atoms with Crippen molar-refractivity contribution in [3.8, 4) is 0 Å². The predicted octanol–water partition coefficient (Wildman–Crippen LogP) is 1.50. The van der Waals surface area contributed by atoms with Crippen molar-refractivity contribution in [3.05, 3.63) is 20.6 Å². The molecular weight excluding hydrogens is 542 g/mol. The summed E-state index contributed by atoms with van der Waals surface area (Å²) in [5, 5.41) is 15.3. The number of carboxylic acid groups (broad SMARTS) is 1. The molecular formula is C19H22ClN5O7S3. The Hall–Kier alpha value is -2.49. The number of thioether (sulfide) groups is 2. The quantitative estimate of drug-likeness (QED) is 0.181. The fraction of sp³-hybridized carbons (Fsp3) is 0.474. The van der Waals surface area contributed by atoms with Crippen molar-refractivity contribution in [2.45, 2.75) is 37.8 Å². The largest absolute Gasteiger partial charge is 0.477 e. The third-order valence-electron chi connectivity index (χ3n) is 4.47. The van der Waals surface area contributed by atoms with E-state index in [2.05, 4.69) is 15.5 Å². The summed E-state index contributed by atoms with van der Waals surface area (Å²) in [5.74, 6) is -3.02. The van der Waals surface area contributed by atoms with E-state index >= 15 is 0 Å². The number of amides is 2. The Labute approximate surface area is 217 Å². The molecule has 1 saturated heterocycles. The number of carbonyl (C=O) groups excluding carboxylic acids is 3. The molecule has 16 heteroatoms. The van der Waals surface area contributed by atoms with Gasteiger partial charge in [0.1, 0.15) is 32.7 Å². The van der Waals surface area contributed by atoms with Crippen LogP contribution in [0, 0.1) is 0 Å². The number of esters is 1. The predicted molar refractivity (Wildman–Crippen MR) is 133 cm³/mol. The summed E-state index contributed by atoms with van der Waals surface area (Å²) in [6, 6.07) is -1.02. The Morgan fingerprint density at radius 3 is 2.63 bits per heavy atom. The van der Waals surface area contributed by atoms with E-state index in [1.54, 1.807) is 27.0 Å². The molecule has 1 fully saturated rings. The van der Waals surface area contributed by atoms with Crippen molar-refractivity contribution in [2.24, 2.45) is 5.16 Å². The molecule has 190 valence electrons. The smallest absolute Gasteiger partial charge is 0.353 e. The van der Waals surface area contributed by atoms with Gasteiger partial charge in [-0.2, -0.15) is 0 Å². The van der Waals surface area contributed by atoms with Gasteiger partial charge < -0.3 is 25.7 Å². The van der Waals surface area contributed by atoms with Gasteiger partial charge in [-0.1, -0.05) is 28.1 Å². The van der Waals surface area contributed by atoms with Crippen LogP contribution in [0.3, 0.4) is 0 Å². The number of nitrogens with two attached hydrogens (primary N) is 1. The number of β-lactam (4-membered cyclic amide) rings is 1. The first-order valence-electron chi connectivity index (χ1n) is 9.94. The Kier molecular flexibility index (Phi) is 8.24. The molecule has 35 heavy (non-hydrogen) atoms. The van der Waals surface area contributed by atoms with Gasteiger partial charge in [0.25, 0.3) is 11.8 Å². The van der Waals surface area contributed by atoms with E-state index in [9.17, 15) is 24.3 Å². The molecule has 0 saturated carbocycles. The number of aliphatic carboxylic acids is 1. The minimum Gasteiger partial charge on any atom is -0.477 e. The second-order valence-corrected chi connectivity index (χ2v) is 11.8. The molecule has 0 aromatic carbocycles. The normalized spacial score (nSPS) is 20.2. The lowest BCUT2D eigenvalue weighted by Gasteiger charge is -2.49. The molecule has 0 aliphatic carbocycles. The van der Waals surface area contributed by atoms with Crippen LogP contribution in [0.15, 0.2) is 15.8 Å². The van der Waals surface area contributed by atoms with Crippen LogP contribution in [0.25, 0.3) is 0 Å². The van der Waals surface area contributed by atoms with Crippen molar-refractivity contribution in [2.75, 3.05) is 24.3 Å². The molecule has 4 N–H and O–H groups in total. The molecule has 3 rings (SSSR count). The van der Waals surface area contributed by atoms with E-state index < -0.39 is 53.1 Å². The number of nitrogens with zero attached hydrogens (tertiary/aromatic N) is 3. The lowest BCUT2D eigenvalue weighted by Crippen LogP contribution is -2.71. The first-order valence-corrected chi connectivity index (χ1v) is 13.4. The number of halogens is 1. The number of thiazole rings is 1. The third-order valence-corrected chi connectivity index (χ3v) is 7.85. The number of carbonyl (C=O) groups is 4. The minimum absolute atomic E-state index is 0.0478. The topological polar surface area (TPSA) is 174 Å². The van der Waals surface area contributed by atoms with Gasteiger partial charge in [0, 0.05) is 10.7 Å². The highest BCUT2D eigenvalue weighted by Crippen LogP contribution is 2.42. The summed E-state index contributed by atoms with van der Waals surface area (Å²) < 4.78 is 5.17. The van der Waals surface area contributed by atoms with Crippen LogP contribution in [0.1, 0.15) is 26.5 Å². The van der Waals surface area contributed by atoms with Crippen molar-refractivity contribution < 1.29 is 33.9 Å². The third kappa shape index (κ3) is 6.02. The maximum absolute atomic E-state index is 13.1. The van der Waals surface area contributed by atoms with Crippen molar-refractivity contribution in [3.63, 3.8) is 0 Å². The fourth-order valence-electron chi connectivity index (χ4n) is 3.13. The van der Waals surface area contributed by atoms with Crippen LogP contribution in [-0.4, -0.2) is 80.1 Å². The number of hydrogen-bond donors (Lipinski definition) is 3. The van der Waals surface area contributed by atoms with Crippen molar-refractivity contribution in [1.29, 1.82) is 0 Å². The van der Waals surface area contributed by atoms with Gasteiger partial charge in [0.15, 0.2) is 10.8 Å². The van der Waals surface area contributed by atoms with E-state index in [0.717, 1.165) is 16.2 Å². The number of oxime groups is 1. The van der Waals surface area contributed by atoms with E-state index in [1.807, 2.05) is 0 Å². The van der Waals surface area contributed by atoms with Crippen LogP contribution < -0.4 is 11.1 Å². The summed E-state index contributed by atoms with van der Waals surface area (Å²) >= 11 is 9.60. The number of hydrogen-bond acceptors (Lipinski definition) is 12. The van der Waals surface area contributed by atoms with Gasteiger partial charge in [-0.3, -0.25) is 14.5 Å². The average Bonchev–Trinajstić information content (AvgIpc) is 3.09. The van der Waals surface area contributed by atoms with E-state index in [1.165, 1.54) is 23.5 Å². The lowest BCUT2D eigenvalue weighted by molar-refractivity contribution is -0.160. The number of fused-ring (bicyclic) bond motifs is 1. The molecule has 2 aliphatic heterocycles. The SMILES string of the molecule is CSC1=C(C(=O)O)N2C(=O)C(NC(=O)/C(=N/OCC(=O)OC(C)(C)C)c3nc(N)sc3Cl)[C@H]2SC1. The number of nitrogen functional groups attached to an aromatic ring is 1. The standard InChI is InChI=1S/C19H22ClN5O7S3/c1-19(2,3)32-8(26)5-31-24-10(9-13(20)35-18(21)23-9)14(27)22-11-15(28)25-12(17(29)30)7(33-4)6-34-16(11)25/h11,16H,5-6H2,1-4H3,(H2,21,23)(H,22,27)(H,29,30)/b24-10+/t11?,16-/m1/s1. The zero-order valence-corrected chi connectivity index (χ0v) is 22.2. The fourth-order valence-corrected chi connectivity index (χ4v) is 6.31. The number of aromatic nitrogens is 1. The molecule has 1 unspecified atom stereocenters. The van der Waals surface area contributed by atoms with Crippen LogP contribution in [0.5, 0.6) is 0 Å². The van der Waals surface area contributed by atoms with Gasteiger partial charge >= 0.3 is 11.9 Å². The molecule has 0 spiro atoms. The number of carboxylic acids is 1. The van der Waals surface area contributed by atoms with E-state index in [0.29, 0.717) is 10.7 Å². The highest BCUT2D eigenvalue weighted by molar-refractivity contribution is 8.05. The number of ether oxygens (including phenoxy) is 1. The first-order chi connectivity index (χ1) is 16.3. The zero-order valence-electron chi connectivity index (χ0n) is 19.0. The van der Waals surface area contributed by atoms with Gasteiger partial charge in [-0.05, 0) is 27.0 Å². The number of anilines is 1. The first kappa shape index (κ1) is 27.1. The zero-order chi connectivity index (χ0) is 26.1. The maximum Gasteiger partial charge on any atom is 0.353 e. The number of rotatable bonds is 8. The highest BCUT2D eigenvalue weighted by atomic mass is 35.5. The van der Waals surface area contributed by atoms with Crippen molar-refractivity contribution in [1.82, 2.24) is 15.2 Å². The minimum atomic E-state index is -1.22. The monoisotopic (exact) mass is 563 g/mol. The molecule has 12 nitrogen and oxygen atoms in total. The molecule has 2 amide bonds. The summed E-state index contributed by atoms with van der Waals surface area (Å²) in [4.78, 5) is 60.2. The summed E-state index contributed by atoms with van der Waals surface area (Å²) in [5.41, 5.74) is 4.34. The van der Waals surface area contributed by atoms with Crippen LogP contribution in [0.2, 0.25) is 4.34 Å². The van der Waals surface area contributed by atoms with Crippen LogP contribution >= 0.6 is 46.5 Å². The van der Waals surface area contributed by atoms with E-state index in [-0.39, 0.29) is 20.9 Å². The molecule has 3 heterocycles. The molecule has 0 radical (unpaired) electrons. The van der Waals surface area contributed by atoms with Crippen molar-refractivity contribution >= 4 is 81.1 Å². The summed E-state index contributed by atoms with van der Waals surface area (Å²) in [7, 11) is 0.